The maximum Gasteiger partial charge on any atom is 0.154 e. The molecule has 114 valence electrons. The molecule has 1 N–H and O–H groups in total. The van der Waals surface area contributed by atoms with Crippen molar-refractivity contribution in [1.29, 1.82) is 0 Å². The third kappa shape index (κ3) is 3.70. The summed E-state index contributed by atoms with van der Waals surface area (Å²) >= 11 is 0. The molecule has 2 aromatic heterocycles. The Labute approximate surface area is 127 Å². The average Bonchev–Trinajstić information content (AvgIpc) is 2.96. The van der Waals surface area contributed by atoms with Gasteiger partial charge < -0.3 is 5.32 Å². The van der Waals surface area contributed by atoms with Crippen LogP contribution in [0.1, 0.15) is 50.3 Å². The van der Waals surface area contributed by atoms with Gasteiger partial charge in [0.15, 0.2) is 5.82 Å². The van der Waals surface area contributed by atoms with Gasteiger partial charge in [-0.05, 0) is 49.6 Å². The van der Waals surface area contributed by atoms with Crippen molar-refractivity contribution in [2.24, 2.45) is 0 Å². The van der Waals surface area contributed by atoms with Crippen molar-refractivity contribution in [3.63, 3.8) is 0 Å². The highest BCUT2D eigenvalue weighted by molar-refractivity contribution is 5.33. The van der Waals surface area contributed by atoms with Gasteiger partial charge in [0, 0.05) is 17.9 Å². The fourth-order valence-electron chi connectivity index (χ4n) is 2.39. The Morgan fingerprint density at radius 1 is 0.952 bits per heavy atom. The van der Waals surface area contributed by atoms with Crippen LogP contribution in [0.3, 0.4) is 0 Å². The molecule has 0 saturated carbocycles. The molecule has 0 aliphatic carbocycles. The molecule has 0 fully saturated rings. The number of nitrogens with one attached hydrogen (secondary N) is 1. The number of nitrogens with zero attached hydrogens (tertiary/aromatic N) is 3. The van der Waals surface area contributed by atoms with E-state index >= 15 is 0 Å². The summed E-state index contributed by atoms with van der Waals surface area (Å²) in [6.45, 7) is 10.4. The molecule has 2 aromatic rings. The summed E-state index contributed by atoms with van der Waals surface area (Å²) in [6.07, 6.45) is 2.86. The minimum Gasteiger partial charge on any atom is -0.313 e. The largest absolute Gasteiger partial charge is 0.313 e. The van der Waals surface area contributed by atoms with E-state index in [-0.39, 0.29) is 0 Å². The van der Waals surface area contributed by atoms with Crippen molar-refractivity contribution in [2.75, 3.05) is 6.54 Å². The van der Waals surface area contributed by atoms with Gasteiger partial charge in [0.25, 0.3) is 0 Å². The molecule has 0 aliphatic heterocycles. The molecule has 0 spiro atoms. The molecule has 0 atom stereocenters. The normalized spacial score (nSPS) is 11.0. The molecular weight excluding hydrogens is 260 g/mol. The first-order valence-electron chi connectivity index (χ1n) is 8.00. The summed E-state index contributed by atoms with van der Waals surface area (Å²) in [7, 11) is 0. The molecule has 0 aliphatic rings. The molecule has 4 heteroatoms. The maximum atomic E-state index is 4.76. The molecule has 0 unspecified atom stereocenters. The van der Waals surface area contributed by atoms with Gasteiger partial charge in [-0.25, -0.2) is 9.67 Å². The lowest BCUT2D eigenvalue weighted by atomic mass is 10.2. The predicted molar refractivity (Wildman–Crippen MR) is 86.9 cm³/mol. The summed E-state index contributed by atoms with van der Waals surface area (Å²) in [5.74, 6) is 0.943. The summed E-state index contributed by atoms with van der Waals surface area (Å²) in [5, 5.41) is 8.08. The van der Waals surface area contributed by atoms with Crippen molar-refractivity contribution in [3.05, 3.63) is 40.8 Å². The zero-order valence-electron chi connectivity index (χ0n) is 13.6. The van der Waals surface area contributed by atoms with E-state index in [9.17, 15) is 0 Å². The highest BCUT2D eigenvalue weighted by atomic mass is 15.3. The Morgan fingerprint density at radius 3 is 2.33 bits per heavy atom. The Balaban J connectivity index is 2.44. The van der Waals surface area contributed by atoms with Gasteiger partial charge in [-0.1, -0.05) is 27.7 Å². The van der Waals surface area contributed by atoms with Crippen molar-refractivity contribution in [2.45, 2.75) is 53.5 Å². The maximum absolute atomic E-state index is 4.76. The van der Waals surface area contributed by atoms with E-state index in [0.29, 0.717) is 0 Å². The minimum absolute atomic E-state index is 0.877. The molecule has 0 saturated heterocycles. The van der Waals surface area contributed by atoms with Gasteiger partial charge in [0.2, 0.25) is 0 Å². The molecule has 4 nitrogen and oxygen atoms in total. The van der Waals surface area contributed by atoms with Crippen LogP contribution in [0.2, 0.25) is 0 Å². The standard InChI is InChI=1S/C17H26N4/c1-5-14-9-13(12-18-8-4)10-17(19-14)21-16(7-3)11-15(6-2)20-21/h9-11,18H,5-8,12H2,1-4H3. The Hall–Kier alpha value is -1.68. The van der Waals surface area contributed by atoms with Gasteiger partial charge in [0.05, 0.1) is 5.69 Å². The van der Waals surface area contributed by atoms with Crippen LogP contribution >= 0.6 is 0 Å². The third-order valence-electron chi connectivity index (χ3n) is 3.64. The third-order valence-corrected chi connectivity index (χ3v) is 3.64. The van der Waals surface area contributed by atoms with E-state index in [0.717, 1.165) is 49.6 Å². The van der Waals surface area contributed by atoms with Crippen LogP contribution in [-0.4, -0.2) is 21.3 Å². The second kappa shape index (κ2) is 7.36. The summed E-state index contributed by atoms with van der Waals surface area (Å²) in [4.78, 5) is 4.76. The number of pyridine rings is 1. The van der Waals surface area contributed by atoms with Crippen LogP contribution in [0.4, 0.5) is 0 Å². The first kappa shape index (κ1) is 15.7. The molecule has 0 amide bonds. The second-order valence-corrected chi connectivity index (χ2v) is 5.20. The van der Waals surface area contributed by atoms with Gasteiger partial charge >= 0.3 is 0 Å². The minimum atomic E-state index is 0.877. The number of rotatable bonds is 7. The molecule has 0 aromatic carbocycles. The first-order valence-corrected chi connectivity index (χ1v) is 8.00. The Morgan fingerprint density at radius 2 is 1.71 bits per heavy atom. The molecule has 21 heavy (non-hydrogen) atoms. The molecule has 0 radical (unpaired) electrons. The van der Waals surface area contributed by atoms with Crippen LogP contribution < -0.4 is 5.32 Å². The molecule has 0 bridgehead atoms. The smallest absolute Gasteiger partial charge is 0.154 e. The molecule has 2 heterocycles. The number of hydrogen-bond acceptors (Lipinski definition) is 3. The van der Waals surface area contributed by atoms with E-state index in [4.69, 9.17) is 10.1 Å². The van der Waals surface area contributed by atoms with Crippen LogP contribution in [0.25, 0.3) is 5.82 Å². The van der Waals surface area contributed by atoms with E-state index in [2.05, 4.69) is 51.2 Å². The van der Waals surface area contributed by atoms with Crippen LogP contribution in [0, 0.1) is 0 Å². The number of aromatic nitrogens is 3. The number of hydrogen-bond donors (Lipinski definition) is 1. The summed E-state index contributed by atoms with van der Waals surface area (Å²) in [5.41, 5.74) is 4.75. The van der Waals surface area contributed by atoms with Crippen molar-refractivity contribution in [1.82, 2.24) is 20.1 Å². The van der Waals surface area contributed by atoms with Crippen molar-refractivity contribution < 1.29 is 0 Å². The van der Waals surface area contributed by atoms with Gasteiger partial charge in [0.1, 0.15) is 0 Å². The van der Waals surface area contributed by atoms with Gasteiger partial charge in [-0.2, -0.15) is 5.10 Å². The summed E-state index contributed by atoms with van der Waals surface area (Å²) in [6, 6.07) is 6.51. The van der Waals surface area contributed by atoms with Crippen LogP contribution in [0.5, 0.6) is 0 Å². The number of aryl methyl sites for hydroxylation is 3. The van der Waals surface area contributed by atoms with E-state index < -0.39 is 0 Å². The van der Waals surface area contributed by atoms with Gasteiger partial charge in [-0.3, -0.25) is 0 Å². The van der Waals surface area contributed by atoms with Crippen molar-refractivity contribution in [3.8, 4) is 5.82 Å². The lowest BCUT2D eigenvalue weighted by Crippen LogP contribution is -2.14. The van der Waals surface area contributed by atoms with Gasteiger partial charge in [-0.15, -0.1) is 0 Å². The highest BCUT2D eigenvalue weighted by Gasteiger charge is 2.10. The quantitative estimate of drug-likeness (QED) is 0.850. The van der Waals surface area contributed by atoms with Crippen LogP contribution in [0.15, 0.2) is 18.2 Å². The average molecular weight is 286 g/mol. The van der Waals surface area contributed by atoms with Crippen molar-refractivity contribution >= 4 is 0 Å². The lowest BCUT2D eigenvalue weighted by molar-refractivity contribution is 0.716. The summed E-state index contributed by atoms with van der Waals surface area (Å²) < 4.78 is 2.01. The zero-order valence-corrected chi connectivity index (χ0v) is 13.6. The fraction of sp³-hybridized carbons (Fsp3) is 0.529. The SMILES string of the molecule is CCNCc1cc(CC)nc(-n2nc(CC)cc2CC)c1. The second-order valence-electron chi connectivity index (χ2n) is 5.20. The predicted octanol–water partition coefficient (Wildman–Crippen LogP) is 3.06. The van der Waals surface area contributed by atoms with E-state index in [1.165, 1.54) is 11.3 Å². The molecule has 2 rings (SSSR count). The van der Waals surface area contributed by atoms with E-state index in [1.807, 2.05) is 4.68 Å². The topological polar surface area (TPSA) is 42.7 Å². The van der Waals surface area contributed by atoms with Crippen LogP contribution in [-0.2, 0) is 25.8 Å². The molecular formula is C17H26N4. The fourth-order valence-corrected chi connectivity index (χ4v) is 2.39. The highest BCUT2D eigenvalue weighted by Crippen LogP contribution is 2.15. The Kier molecular flexibility index (Phi) is 5.51. The van der Waals surface area contributed by atoms with E-state index in [1.54, 1.807) is 0 Å². The monoisotopic (exact) mass is 286 g/mol. The zero-order chi connectivity index (χ0) is 15.2. The first-order chi connectivity index (χ1) is 10.2. The lowest BCUT2D eigenvalue weighted by Gasteiger charge is -2.10. The Bertz CT molecular complexity index is 586.